The van der Waals surface area contributed by atoms with E-state index in [0.29, 0.717) is 16.3 Å². The van der Waals surface area contributed by atoms with Crippen LogP contribution in [0.25, 0.3) is 0 Å². The Kier molecular flexibility index (Phi) is 6.36. The highest BCUT2D eigenvalue weighted by Crippen LogP contribution is 2.33. The van der Waals surface area contributed by atoms with E-state index in [4.69, 9.17) is 50.4 Å². The summed E-state index contributed by atoms with van der Waals surface area (Å²) in [5.74, 6) is -1.51. The van der Waals surface area contributed by atoms with Crippen molar-refractivity contribution in [3.63, 3.8) is 0 Å². The quantitative estimate of drug-likeness (QED) is 0.652. The monoisotopic (exact) mass is 402 g/mol. The lowest BCUT2D eigenvalue weighted by atomic mass is 10.1. The van der Waals surface area contributed by atoms with E-state index in [9.17, 15) is 9.59 Å². The predicted octanol–water partition coefficient (Wildman–Crippen LogP) is 3.82. The van der Waals surface area contributed by atoms with E-state index < -0.39 is 11.9 Å². The molecule has 0 bridgehead atoms. The molecule has 0 unspecified atom stereocenters. The molecule has 0 atom stereocenters. The number of primary amides is 1. The van der Waals surface area contributed by atoms with Crippen molar-refractivity contribution in [1.82, 2.24) is 0 Å². The van der Waals surface area contributed by atoms with Gasteiger partial charge in [0.1, 0.15) is 5.75 Å². The highest BCUT2D eigenvalue weighted by Gasteiger charge is 2.13. The molecule has 25 heavy (non-hydrogen) atoms. The lowest BCUT2D eigenvalue weighted by Crippen LogP contribution is -2.20. The van der Waals surface area contributed by atoms with Crippen molar-refractivity contribution in [3.8, 4) is 5.75 Å². The molecule has 4 N–H and O–H groups in total. The number of hydrogen-bond acceptors (Lipinski definition) is 4. The first-order valence-electron chi connectivity index (χ1n) is 6.93. The molecule has 6 nitrogen and oxygen atoms in total. The average Bonchev–Trinajstić information content (AvgIpc) is 2.52. The summed E-state index contributed by atoms with van der Waals surface area (Å²) in [5, 5.41) is 12.9. The Morgan fingerprint density at radius 2 is 1.84 bits per heavy atom. The van der Waals surface area contributed by atoms with Crippen molar-refractivity contribution in [2.75, 3.05) is 11.9 Å². The number of rotatable bonds is 7. The first kappa shape index (κ1) is 19.2. The Morgan fingerprint density at radius 1 is 1.12 bits per heavy atom. The fourth-order valence-corrected chi connectivity index (χ4v) is 2.83. The molecule has 0 spiro atoms. The Hall–Kier alpha value is -2.15. The standard InChI is InChI=1S/C16H13Cl3N2O4/c17-9-3-8(15(13(19)4-9)25-7-14(20)22)6-21-10-1-2-12(18)11(5-10)16(23)24/h1-5,21H,6-7H2,(H2,20,22)(H,23,24). The number of nitrogens with one attached hydrogen (secondary N) is 1. The van der Waals surface area contributed by atoms with Crippen LogP contribution in [-0.4, -0.2) is 23.6 Å². The maximum Gasteiger partial charge on any atom is 0.337 e. The Labute approximate surface area is 158 Å². The molecule has 9 heteroatoms. The lowest BCUT2D eigenvalue weighted by molar-refractivity contribution is -0.119. The number of carbonyl (C=O) groups excluding carboxylic acids is 1. The minimum Gasteiger partial charge on any atom is -0.482 e. The summed E-state index contributed by atoms with van der Waals surface area (Å²) in [4.78, 5) is 22.0. The number of ether oxygens (including phenoxy) is 1. The van der Waals surface area contributed by atoms with Gasteiger partial charge in [-0.3, -0.25) is 4.79 Å². The third-order valence-electron chi connectivity index (χ3n) is 3.12. The molecule has 0 saturated heterocycles. The number of carboxylic acid groups (broad SMARTS) is 1. The van der Waals surface area contributed by atoms with Gasteiger partial charge in [0.05, 0.1) is 15.6 Å². The van der Waals surface area contributed by atoms with E-state index in [1.807, 2.05) is 0 Å². The number of hydrogen-bond donors (Lipinski definition) is 3. The molecule has 2 aromatic carbocycles. The Bertz CT molecular complexity index is 827. The predicted molar refractivity (Wildman–Crippen MR) is 96.9 cm³/mol. The molecule has 1 amide bonds. The number of aromatic carboxylic acids is 1. The average molecular weight is 404 g/mol. The van der Waals surface area contributed by atoms with Gasteiger partial charge in [-0.2, -0.15) is 0 Å². The van der Waals surface area contributed by atoms with Crippen LogP contribution in [0.1, 0.15) is 15.9 Å². The number of benzene rings is 2. The van der Waals surface area contributed by atoms with Gasteiger partial charge in [-0.25, -0.2) is 4.79 Å². The smallest absolute Gasteiger partial charge is 0.337 e. The highest BCUT2D eigenvalue weighted by molar-refractivity contribution is 6.35. The molecule has 0 aliphatic carbocycles. The summed E-state index contributed by atoms with van der Waals surface area (Å²) in [5.41, 5.74) is 6.15. The maximum atomic E-state index is 11.1. The summed E-state index contributed by atoms with van der Waals surface area (Å²) in [6.45, 7) is -0.118. The van der Waals surface area contributed by atoms with E-state index in [1.165, 1.54) is 18.2 Å². The van der Waals surface area contributed by atoms with Crippen LogP contribution in [0.5, 0.6) is 5.75 Å². The molecule has 0 fully saturated rings. The first-order valence-corrected chi connectivity index (χ1v) is 8.07. The van der Waals surface area contributed by atoms with Crippen LogP contribution in [-0.2, 0) is 11.3 Å². The zero-order valence-electron chi connectivity index (χ0n) is 12.7. The first-order chi connectivity index (χ1) is 11.8. The molecule has 2 aromatic rings. The van der Waals surface area contributed by atoms with Crippen molar-refractivity contribution >= 4 is 52.4 Å². The molecule has 0 radical (unpaired) electrons. The van der Waals surface area contributed by atoms with E-state index in [1.54, 1.807) is 12.1 Å². The van der Waals surface area contributed by atoms with Crippen LogP contribution in [0.3, 0.4) is 0 Å². The van der Waals surface area contributed by atoms with E-state index in [-0.39, 0.29) is 34.5 Å². The molecule has 0 aromatic heterocycles. The second-order valence-electron chi connectivity index (χ2n) is 4.98. The van der Waals surface area contributed by atoms with Gasteiger partial charge in [0, 0.05) is 22.8 Å². The Morgan fingerprint density at radius 3 is 2.48 bits per heavy atom. The van der Waals surface area contributed by atoms with Gasteiger partial charge in [0.2, 0.25) is 0 Å². The summed E-state index contributed by atoms with van der Waals surface area (Å²) < 4.78 is 5.33. The van der Waals surface area contributed by atoms with Crippen LogP contribution in [0.2, 0.25) is 15.1 Å². The lowest BCUT2D eigenvalue weighted by Gasteiger charge is -2.14. The van der Waals surface area contributed by atoms with Gasteiger partial charge in [-0.1, -0.05) is 34.8 Å². The summed E-state index contributed by atoms with van der Waals surface area (Å²) in [6, 6.07) is 7.60. The largest absolute Gasteiger partial charge is 0.482 e. The normalized spacial score (nSPS) is 10.4. The second-order valence-corrected chi connectivity index (χ2v) is 6.24. The van der Waals surface area contributed by atoms with Crippen molar-refractivity contribution < 1.29 is 19.4 Å². The van der Waals surface area contributed by atoms with Crippen molar-refractivity contribution in [2.45, 2.75) is 6.54 Å². The third kappa shape index (κ3) is 5.16. The van der Waals surface area contributed by atoms with Crippen LogP contribution in [0.15, 0.2) is 30.3 Å². The zero-order chi connectivity index (χ0) is 18.6. The van der Waals surface area contributed by atoms with Crippen LogP contribution >= 0.6 is 34.8 Å². The van der Waals surface area contributed by atoms with Crippen molar-refractivity contribution in [3.05, 3.63) is 56.5 Å². The van der Waals surface area contributed by atoms with Gasteiger partial charge in [-0.15, -0.1) is 0 Å². The van der Waals surface area contributed by atoms with Gasteiger partial charge in [0.15, 0.2) is 6.61 Å². The molecule has 132 valence electrons. The van der Waals surface area contributed by atoms with E-state index in [0.717, 1.165) is 0 Å². The van der Waals surface area contributed by atoms with Crippen LogP contribution < -0.4 is 15.8 Å². The van der Waals surface area contributed by atoms with E-state index in [2.05, 4.69) is 5.32 Å². The fourth-order valence-electron chi connectivity index (χ4n) is 2.05. The van der Waals surface area contributed by atoms with E-state index >= 15 is 0 Å². The molecule has 0 heterocycles. The zero-order valence-corrected chi connectivity index (χ0v) is 15.0. The van der Waals surface area contributed by atoms with Crippen LogP contribution in [0.4, 0.5) is 5.69 Å². The molecule has 0 aliphatic rings. The molecular weight excluding hydrogens is 391 g/mol. The van der Waals surface area contributed by atoms with Gasteiger partial charge < -0.3 is 20.9 Å². The van der Waals surface area contributed by atoms with Crippen molar-refractivity contribution in [1.29, 1.82) is 0 Å². The third-order valence-corrected chi connectivity index (χ3v) is 3.95. The van der Waals surface area contributed by atoms with Gasteiger partial charge >= 0.3 is 5.97 Å². The summed E-state index contributed by atoms with van der Waals surface area (Å²) >= 11 is 17.9. The SMILES string of the molecule is NC(=O)COc1c(Cl)cc(Cl)cc1CNc1ccc(Cl)c(C(=O)O)c1. The number of anilines is 1. The van der Waals surface area contributed by atoms with Crippen LogP contribution in [0, 0.1) is 0 Å². The molecule has 0 aliphatic heterocycles. The summed E-state index contributed by atoms with van der Waals surface area (Å²) in [7, 11) is 0. The number of halogens is 3. The van der Waals surface area contributed by atoms with Crippen molar-refractivity contribution in [2.24, 2.45) is 5.73 Å². The number of amides is 1. The fraction of sp³-hybridized carbons (Fsp3) is 0.125. The minimum absolute atomic E-state index is 0.0269. The maximum absolute atomic E-state index is 11.1. The summed E-state index contributed by atoms with van der Waals surface area (Å²) in [6.07, 6.45) is 0. The molecule has 0 saturated carbocycles. The molecular formula is C16H13Cl3N2O4. The number of carboxylic acids is 1. The number of nitrogens with two attached hydrogens (primary N) is 1. The number of carbonyl (C=O) groups is 2. The second kappa shape index (κ2) is 8.29. The minimum atomic E-state index is -1.13. The Balaban J connectivity index is 2.24. The highest BCUT2D eigenvalue weighted by atomic mass is 35.5. The molecule has 2 rings (SSSR count). The van der Waals surface area contributed by atoms with Gasteiger partial charge in [-0.05, 0) is 30.3 Å². The van der Waals surface area contributed by atoms with Gasteiger partial charge in [0.25, 0.3) is 5.91 Å². The topological polar surface area (TPSA) is 102 Å².